The van der Waals surface area contributed by atoms with E-state index in [1.165, 1.54) is 6.92 Å². The van der Waals surface area contributed by atoms with Crippen LogP contribution in [0, 0.1) is 5.92 Å². The van der Waals surface area contributed by atoms with E-state index in [0.29, 0.717) is 13.2 Å². The van der Waals surface area contributed by atoms with Crippen LogP contribution >= 0.6 is 0 Å². The molecule has 0 aromatic carbocycles. The van der Waals surface area contributed by atoms with Gasteiger partial charge >= 0.3 is 12.0 Å². The van der Waals surface area contributed by atoms with Gasteiger partial charge in [0.15, 0.2) is 6.04 Å². The summed E-state index contributed by atoms with van der Waals surface area (Å²) in [7, 11) is 0. The molecule has 1 aliphatic heterocycles. The molecular formula is C12H22N2O5. The molecule has 0 radical (unpaired) electrons. The van der Waals surface area contributed by atoms with Crippen molar-refractivity contribution in [1.82, 2.24) is 10.6 Å². The Morgan fingerprint density at radius 1 is 1.47 bits per heavy atom. The van der Waals surface area contributed by atoms with E-state index < -0.39 is 24.1 Å². The summed E-state index contributed by atoms with van der Waals surface area (Å²) in [5, 5.41) is 22.9. The van der Waals surface area contributed by atoms with Crippen LogP contribution < -0.4 is 10.6 Å². The fourth-order valence-electron chi connectivity index (χ4n) is 2.18. The van der Waals surface area contributed by atoms with Gasteiger partial charge in [0.25, 0.3) is 0 Å². The monoisotopic (exact) mass is 274 g/mol. The van der Waals surface area contributed by atoms with Gasteiger partial charge in [-0.2, -0.15) is 0 Å². The third kappa shape index (κ3) is 4.68. The van der Waals surface area contributed by atoms with E-state index in [1.54, 1.807) is 0 Å². The zero-order valence-electron chi connectivity index (χ0n) is 11.3. The molecule has 4 atom stereocenters. The lowest BCUT2D eigenvalue weighted by atomic mass is 10.00. The maximum Gasteiger partial charge on any atom is 0.328 e. The van der Waals surface area contributed by atoms with Crippen molar-refractivity contribution < 1.29 is 24.5 Å². The van der Waals surface area contributed by atoms with Gasteiger partial charge < -0.3 is 25.6 Å². The lowest BCUT2D eigenvalue weighted by Crippen LogP contribution is -2.52. The number of carbonyl (C=O) groups excluding carboxylic acids is 1. The summed E-state index contributed by atoms with van der Waals surface area (Å²) in [6.07, 6.45) is 0.769. The summed E-state index contributed by atoms with van der Waals surface area (Å²) in [6, 6.07) is -1.89. The molecule has 0 saturated carbocycles. The number of aliphatic hydroxyl groups is 1. The molecule has 0 spiro atoms. The predicted molar refractivity (Wildman–Crippen MR) is 67.8 cm³/mol. The molecule has 0 aromatic rings. The summed E-state index contributed by atoms with van der Waals surface area (Å²) in [5.74, 6) is -1.01. The number of aliphatic hydroxyl groups excluding tert-OH is 1. The SMILES string of the molecule is CCC1OCCC1CNC(=O)N[C@H](C(=O)O)[C@@H](C)O. The van der Waals surface area contributed by atoms with Gasteiger partial charge in [0.2, 0.25) is 0 Å². The standard InChI is InChI=1S/C12H22N2O5/c1-3-9-8(4-5-19-9)6-13-12(18)14-10(7(2)15)11(16)17/h7-10,15H,3-6H2,1-2H3,(H,16,17)(H2,13,14,18)/t7-,8?,9?,10+/m1/s1. The third-order valence-electron chi connectivity index (χ3n) is 3.31. The third-order valence-corrected chi connectivity index (χ3v) is 3.31. The first kappa shape index (κ1) is 15.7. The van der Waals surface area contributed by atoms with Crippen LogP contribution in [0.2, 0.25) is 0 Å². The number of carboxylic acids is 1. The zero-order chi connectivity index (χ0) is 14.4. The van der Waals surface area contributed by atoms with E-state index >= 15 is 0 Å². The van der Waals surface area contributed by atoms with Crippen molar-refractivity contribution in [3.8, 4) is 0 Å². The minimum absolute atomic E-state index is 0.146. The van der Waals surface area contributed by atoms with Gasteiger partial charge in [0.1, 0.15) is 0 Å². The van der Waals surface area contributed by atoms with Crippen LogP contribution in [-0.2, 0) is 9.53 Å². The Hall–Kier alpha value is -1.34. The number of carbonyl (C=O) groups is 2. The molecule has 1 aliphatic rings. The first-order chi connectivity index (χ1) is 8.95. The molecule has 110 valence electrons. The molecule has 0 aromatic heterocycles. The molecule has 0 bridgehead atoms. The lowest BCUT2D eigenvalue weighted by molar-refractivity contribution is -0.141. The Morgan fingerprint density at radius 3 is 2.68 bits per heavy atom. The number of rotatable bonds is 6. The Bertz CT molecular complexity index is 321. The second kappa shape index (κ2) is 7.30. The van der Waals surface area contributed by atoms with Gasteiger partial charge in [-0.25, -0.2) is 9.59 Å². The average Bonchev–Trinajstić information content (AvgIpc) is 2.79. The molecule has 1 rings (SSSR count). The highest BCUT2D eigenvalue weighted by Crippen LogP contribution is 2.22. The molecule has 19 heavy (non-hydrogen) atoms. The van der Waals surface area contributed by atoms with Gasteiger partial charge in [-0.1, -0.05) is 6.92 Å². The highest BCUT2D eigenvalue weighted by atomic mass is 16.5. The maximum atomic E-state index is 11.6. The molecule has 4 N–H and O–H groups in total. The van der Waals surface area contributed by atoms with Crippen LogP contribution in [0.5, 0.6) is 0 Å². The Kier molecular flexibility index (Phi) is 6.04. The van der Waals surface area contributed by atoms with Crippen molar-refractivity contribution >= 4 is 12.0 Å². The molecule has 2 amide bonds. The van der Waals surface area contributed by atoms with Crippen molar-refractivity contribution in [3.63, 3.8) is 0 Å². The molecular weight excluding hydrogens is 252 g/mol. The van der Waals surface area contributed by atoms with Gasteiger partial charge in [-0.15, -0.1) is 0 Å². The summed E-state index contributed by atoms with van der Waals surface area (Å²) in [5.41, 5.74) is 0. The number of aliphatic carboxylic acids is 1. The largest absolute Gasteiger partial charge is 0.480 e. The highest BCUT2D eigenvalue weighted by Gasteiger charge is 2.28. The van der Waals surface area contributed by atoms with Gasteiger partial charge in [-0.05, 0) is 19.8 Å². The first-order valence-electron chi connectivity index (χ1n) is 6.52. The molecule has 7 nitrogen and oxygen atoms in total. The van der Waals surface area contributed by atoms with Crippen LogP contribution in [0.4, 0.5) is 4.79 Å². The lowest BCUT2D eigenvalue weighted by Gasteiger charge is -2.20. The van der Waals surface area contributed by atoms with Crippen molar-refractivity contribution in [2.45, 2.75) is 44.9 Å². The van der Waals surface area contributed by atoms with E-state index in [9.17, 15) is 14.7 Å². The van der Waals surface area contributed by atoms with E-state index in [1.807, 2.05) is 6.92 Å². The van der Waals surface area contributed by atoms with Crippen molar-refractivity contribution in [3.05, 3.63) is 0 Å². The average molecular weight is 274 g/mol. The smallest absolute Gasteiger partial charge is 0.328 e. The number of ether oxygens (including phenoxy) is 1. The highest BCUT2D eigenvalue weighted by molar-refractivity contribution is 5.82. The molecule has 1 heterocycles. The summed E-state index contributed by atoms with van der Waals surface area (Å²) in [6.45, 7) is 4.47. The minimum Gasteiger partial charge on any atom is -0.480 e. The number of nitrogens with one attached hydrogen (secondary N) is 2. The van der Waals surface area contributed by atoms with Gasteiger partial charge in [-0.3, -0.25) is 0 Å². The molecule has 2 unspecified atom stereocenters. The number of hydrogen-bond acceptors (Lipinski definition) is 4. The Morgan fingerprint density at radius 2 is 2.16 bits per heavy atom. The molecule has 1 fully saturated rings. The number of carboxylic acid groups (broad SMARTS) is 1. The van der Waals surface area contributed by atoms with Gasteiger partial charge in [0, 0.05) is 19.1 Å². The second-order valence-electron chi connectivity index (χ2n) is 4.78. The quantitative estimate of drug-likeness (QED) is 0.542. The van der Waals surface area contributed by atoms with E-state index in [2.05, 4.69) is 10.6 Å². The first-order valence-corrected chi connectivity index (χ1v) is 6.52. The van der Waals surface area contributed by atoms with Crippen LogP contribution in [0.15, 0.2) is 0 Å². The van der Waals surface area contributed by atoms with Crippen LogP contribution in [0.25, 0.3) is 0 Å². The topological polar surface area (TPSA) is 108 Å². The summed E-state index contributed by atoms with van der Waals surface area (Å²) in [4.78, 5) is 22.4. The van der Waals surface area contributed by atoms with Crippen molar-refractivity contribution in [2.75, 3.05) is 13.2 Å². The molecule has 7 heteroatoms. The second-order valence-corrected chi connectivity index (χ2v) is 4.78. The van der Waals surface area contributed by atoms with Crippen LogP contribution in [-0.4, -0.2) is 53.6 Å². The Labute approximate surface area is 112 Å². The van der Waals surface area contributed by atoms with Crippen molar-refractivity contribution in [1.29, 1.82) is 0 Å². The Balaban J connectivity index is 2.36. The van der Waals surface area contributed by atoms with Crippen LogP contribution in [0.3, 0.4) is 0 Å². The molecule has 0 aliphatic carbocycles. The fraction of sp³-hybridized carbons (Fsp3) is 0.833. The number of amides is 2. The predicted octanol–water partition coefficient (Wildman–Crippen LogP) is -0.0653. The zero-order valence-corrected chi connectivity index (χ0v) is 11.3. The number of hydrogen-bond donors (Lipinski definition) is 4. The fourth-order valence-corrected chi connectivity index (χ4v) is 2.18. The van der Waals surface area contributed by atoms with Gasteiger partial charge in [0.05, 0.1) is 12.2 Å². The summed E-state index contributed by atoms with van der Waals surface area (Å²) < 4.78 is 5.50. The van der Waals surface area contributed by atoms with Crippen LogP contribution in [0.1, 0.15) is 26.7 Å². The minimum atomic E-state index is -1.30. The number of urea groups is 1. The summed E-state index contributed by atoms with van der Waals surface area (Å²) >= 11 is 0. The maximum absolute atomic E-state index is 11.6. The normalized spacial score (nSPS) is 25.6. The van der Waals surface area contributed by atoms with Crippen molar-refractivity contribution in [2.24, 2.45) is 5.92 Å². The van der Waals surface area contributed by atoms with E-state index in [0.717, 1.165) is 12.8 Å². The molecule has 1 saturated heterocycles. The van der Waals surface area contributed by atoms with E-state index in [-0.39, 0.29) is 12.0 Å². The van der Waals surface area contributed by atoms with E-state index in [4.69, 9.17) is 9.84 Å².